The van der Waals surface area contributed by atoms with Crippen molar-refractivity contribution in [3.05, 3.63) is 59.7 Å². The summed E-state index contributed by atoms with van der Waals surface area (Å²) in [4.78, 5) is 11.4. The SMILES string of the molecule is CCBr.CCC(=O)Cc1ccc(-c2ccc(C(F)(F)F)cc2)cc1.[H-].[H-].[Mg+2]. The Morgan fingerprint density at radius 2 is 1.36 bits per heavy atom. The van der Waals surface area contributed by atoms with E-state index >= 15 is 0 Å². The van der Waals surface area contributed by atoms with E-state index in [0.717, 1.165) is 34.2 Å². The van der Waals surface area contributed by atoms with Gasteiger partial charge in [0.05, 0.1) is 5.56 Å². The number of Topliss-reactive ketones (excluding diaryl/α,β-unsaturated/α-hetero) is 1. The van der Waals surface area contributed by atoms with Gasteiger partial charge >= 0.3 is 29.2 Å². The number of benzene rings is 2. The number of hydrogen-bond acceptors (Lipinski definition) is 1. The summed E-state index contributed by atoms with van der Waals surface area (Å²) in [7, 11) is 0. The standard InChI is InChI=1S/C17H15F3O.C2H5Br.Mg.2H/c1-2-16(21)11-12-3-5-13(6-4-12)14-7-9-15(10-8-14)17(18,19)20;1-2-3;;;/h3-10H,2,11H2,1H3;2H2,1H3;;;/q;;+2;2*-1. The first-order chi connectivity index (χ1) is 11.3. The molecule has 0 saturated carbocycles. The van der Waals surface area contributed by atoms with Crippen LogP contribution in [-0.4, -0.2) is 34.2 Å². The van der Waals surface area contributed by atoms with Crippen molar-refractivity contribution in [2.75, 3.05) is 5.33 Å². The van der Waals surface area contributed by atoms with Crippen LogP contribution in [0.3, 0.4) is 0 Å². The predicted molar refractivity (Wildman–Crippen MR) is 103 cm³/mol. The van der Waals surface area contributed by atoms with Crippen LogP contribution in [0.25, 0.3) is 11.1 Å². The van der Waals surface area contributed by atoms with Crippen molar-refractivity contribution >= 4 is 44.8 Å². The second-order valence-corrected chi connectivity index (χ2v) is 6.23. The molecule has 0 saturated heterocycles. The van der Waals surface area contributed by atoms with Gasteiger partial charge in [0.1, 0.15) is 5.78 Å². The van der Waals surface area contributed by atoms with E-state index in [9.17, 15) is 18.0 Å². The Balaban J connectivity index is -0.000000900. The van der Waals surface area contributed by atoms with E-state index in [1.54, 1.807) is 0 Å². The molecule has 0 fully saturated rings. The monoisotopic (exact) mass is 426 g/mol. The van der Waals surface area contributed by atoms with Gasteiger partial charge in [0, 0.05) is 18.2 Å². The molecule has 0 spiro atoms. The van der Waals surface area contributed by atoms with Crippen molar-refractivity contribution in [1.82, 2.24) is 0 Å². The summed E-state index contributed by atoms with van der Waals surface area (Å²) in [5, 5.41) is 1.06. The fourth-order valence-corrected chi connectivity index (χ4v) is 2.02. The summed E-state index contributed by atoms with van der Waals surface area (Å²) in [6.07, 6.45) is -3.42. The first-order valence-electron chi connectivity index (χ1n) is 7.66. The molecular formula is C19H22BrF3MgO. The Labute approximate surface area is 174 Å². The molecule has 2 rings (SSSR count). The fraction of sp³-hybridized carbons (Fsp3) is 0.316. The third-order valence-electron chi connectivity index (χ3n) is 3.30. The molecule has 0 aromatic heterocycles. The summed E-state index contributed by atoms with van der Waals surface area (Å²) in [5.74, 6) is 0.164. The number of carbonyl (C=O) groups excluding carboxylic acids is 1. The van der Waals surface area contributed by atoms with Crippen LogP contribution in [0.2, 0.25) is 0 Å². The Bertz CT molecular complexity index is 647. The van der Waals surface area contributed by atoms with Gasteiger partial charge in [0.15, 0.2) is 0 Å². The number of alkyl halides is 4. The average Bonchev–Trinajstić information content (AvgIpc) is 2.55. The van der Waals surface area contributed by atoms with Crippen LogP contribution in [-0.2, 0) is 17.4 Å². The number of carbonyl (C=O) groups is 1. The van der Waals surface area contributed by atoms with Gasteiger partial charge in [0.25, 0.3) is 0 Å². The summed E-state index contributed by atoms with van der Waals surface area (Å²) < 4.78 is 37.5. The molecule has 134 valence electrons. The Morgan fingerprint density at radius 1 is 0.960 bits per heavy atom. The molecule has 2 aromatic carbocycles. The number of hydrogen-bond donors (Lipinski definition) is 0. The van der Waals surface area contributed by atoms with Crippen LogP contribution < -0.4 is 0 Å². The van der Waals surface area contributed by atoms with Crippen LogP contribution in [0.1, 0.15) is 34.2 Å². The maximum Gasteiger partial charge on any atom is 2.00 e. The molecule has 0 aliphatic carbocycles. The van der Waals surface area contributed by atoms with E-state index in [1.807, 2.05) is 38.1 Å². The topological polar surface area (TPSA) is 17.1 Å². The minimum absolute atomic E-state index is 0. The molecule has 0 heterocycles. The van der Waals surface area contributed by atoms with E-state index in [1.165, 1.54) is 12.1 Å². The second kappa shape index (κ2) is 11.7. The van der Waals surface area contributed by atoms with Crippen LogP contribution in [0, 0.1) is 0 Å². The zero-order chi connectivity index (χ0) is 18.2. The molecule has 0 radical (unpaired) electrons. The summed E-state index contributed by atoms with van der Waals surface area (Å²) in [6.45, 7) is 3.86. The molecular weight excluding hydrogens is 405 g/mol. The summed E-state index contributed by atoms with van der Waals surface area (Å²) in [6, 6.07) is 12.4. The van der Waals surface area contributed by atoms with Gasteiger partial charge in [-0.05, 0) is 28.8 Å². The molecule has 0 atom stereocenters. The van der Waals surface area contributed by atoms with Gasteiger partial charge in [-0.2, -0.15) is 13.2 Å². The minimum Gasteiger partial charge on any atom is -1.00 e. The molecule has 0 N–H and O–H groups in total. The van der Waals surface area contributed by atoms with E-state index < -0.39 is 11.7 Å². The molecule has 0 aliphatic heterocycles. The first kappa shape index (κ1) is 24.1. The Hall–Kier alpha value is -0.854. The number of ketones is 1. The number of rotatable bonds is 4. The van der Waals surface area contributed by atoms with Crippen molar-refractivity contribution in [3.63, 3.8) is 0 Å². The largest absolute Gasteiger partial charge is 2.00 e. The van der Waals surface area contributed by atoms with Gasteiger partial charge in [-0.25, -0.2) is 0 Å². The van der Waals surface area contributed by atoms with E-state index in [0.29, 0.717) is 12.8 Å². The van der Waals surface area contributed by atoms with Crippen molar-refractivity contribution in [1.29, 1.82) is 0 Å². The number of halogens is 4. The first-order valence-corrected chi connectivity index (χ1v) is 8.78. The predicted octanol–water partition coefficient (Wildman–Crippen LogP) is 6.14. The van der Waals surface area contributed by atoms with Crippen LogP contribution in [0.5, 0.6) is 0 Å². The van der Waals surface area contributed by atoms with Gasteiger partial charge in [-0.1, -0.05) is 66.2 Å². The molecule has 0 aliphatic rings. The van der Waals surface area contributed by atoms with Crippen LogP contribution in [0.15, 0.2) is 48.5 Å². The van der Waals surface area contributed by atoms with E-state index in [-0.39, 0.29) is 31.7 Å². The quantitative estimate of drug-likeness (QED) is 0.423. The molecule has 6 heteroatoms. The van der Waals surface area contributed by atoms with Gasteiger partial charge in [-0.15, -0.1) is 0 Å². The van der Waals surface area contributed by atoms with E-state index in [4.69, 9.17) is 0 Å². The zero-order valence-corrected chi connectivity index (χ0v) is 17.4. The normalized spacial score (nSPS) is 10.3. The zero-order valence-electron chi connectivity index (χ0n) is 16.4. The third kappa shape index (κ3) is 8.38. The molecule has 2 aromatic rings. The van der Waals surface area contributed by atoms with E-state index in [2.05, 4.69) is 15.9 Å². The van der Waals surface area contributed by atoms with Gasteiger partial charge < -0.3 is 2.85 Å². The molecule has 0 amide bonds. The maximum atomic E-state index is 12.5. The maximum absolute atomic E-state index is 12.5. The van der Waals surface area contributed by atoms with Crippen molar-refractivity contribution in [2.45, 2.75) is 32.9 Å². The fourth-order valence-electron chi connectivity index (χ4n) is 2.02. The smallest absolute Gasteiger partial charge is 1.00 e. The summed E-state index contributed by atoms with van der Waals surface area (Å²) in [5.41, 5.74) is 1.81. The van der Waals surface area contributed by atoms with Gasteiger partial charge in [-0.3, -0.25) is 4.79 Å². The molecule has 0 bridgehead atoms. The molecule has 1 nitrogen and oxygen atoms in total. The van der Waals surface area contributed by atoms with Crippen molar-refractivity contribution < 1.29 is 20.8 Å². The molecule has 25 heavy (non-hydrogen) atoms. The van der Waals surface area contributed by atoms with Crippen LogP contribution in [0.4, 0.5) is 13.2 Å². The second-order valence-electron chi connectivity index (χ2n) is 5.11. The Morgan fingerprint density at radius 3 is 1.72 bits per heavy atom. The average molecular weight is 428 g/mol. The van der Waals surface area contributed by atoms with Crippen LogP contribution >= 0.6 is 15.9 Å². The third-order valence-corrected chi connectivity index (χ3v) is 3.30. The summed E-state index contributed by atoms with van der Waals surface area (Å²) >= 11 is 3.15. The van der Waals surface area contributed by atoms with Crippen molar-refractivity contribution in [3.8, 4) is 11.1 Å². The minimum atomic E-state index is -4.32. The molecule has 0 unspecified atom stereocenters. The van der Waals surface area contributed by atoms with Gasteiger partial charge in [0.2, 0.25) is 0 Å². The van der Waals surface area contributed by atoms with Crippen molar-refractivity contribution in [2.24, 2.45) is 0 Å². The Kier molecular flexibility index (Phi) is 11.3.